The van der Waals surface area contributed by atoms with Crippen molar-refractivity contribution in [2.24, 2.45) is 5.41 Å². The van der Waals surface area contributed by atoms with Gasteiger partial charge in [-0.15, -0.1) is 4.72 Å². The summed E-state index contributed by atoms with van der Waals surface area (Å²) in [6, 6.07) is 2.10. The van der Waals surface area contributed by atoms with Crippen molar-refractivity contribution in [3.8, 4) is 0 Å². The van der Waals surface area contributed by atoms with E-state index >= 15 is 0 Å². The zero-order valence-electron chi connectivity index (χ0n) is 17.4. The normalized spacial score (nSPS) is 22.0. The summed E-state index contributed by atoms with van der Waals surface area (Å²) in [6.45, 7) is 8.66. The highest BCUT2D eigenvalue weighted by Crippen LogP contribution is 2.50. The number of piperidine rings is 1. The number of halogens is 1. The molecule has 0 bridgehead atoms. The molecule has 8 nitrogen and oxygen atoms in total. The molecule has 5 rings (SSSR count). The summed E-state index contributed by atoms with van der Waals surface area (Å²) < 4.78 is 21.0. The molecule has 1 saturated heterocycles. The second-order valence-corrected chi connectivity index (χ2v) is 11.9. The first-order valence-corrected chi connectivity index (χ1v) is 12.2. The van der Waals surface area contributed by atoms with Crippen LogP contribution in [-0.2, 0) is 17.9 Å². The number of rotatable bonds is 3. The van der Waals surface area contributed by atoms with Gasteiger partial charge < -0.3 is 9.45 Å². The van der Waals surface area contributed by atoms with Crippen LogP contribution in [0.5, 0.6) is 0 Å². The van der Waals surface area contributed by atoms with Crippen molar-refractivity contribution in [1.29, 1.82) is 0 Å². The maximum Gasteiger partial charge on any atom is 0.181 e. The quantitative estimate of drug-likeness (QED) is 0.566. The van der Waals surface area contributed by atoms with E-state index in [0.29, 0.717) is 0 Å². The van der Waals surface area contributed by atoms with E-state index in [4.69, 9.17) is 0 Å². The molecule has 1 spiro atoms. The molecule has 0 amide bonds. The van der Waals surface area contributed by atoms with Gasteiger partial charge in [0.25, 0.3) is 0 Å². The zero-order valence-corrected chi connectivity index (χ0v) is 19.8. The Kier molecular flexibility index (Phi) is 4.88. The fourth-order valence-corrected chi connectivity index (χ4v) is 5.98. The van der Waals surface area contributed by atoms with Crippen molar-refractivity contribution >= 4 is 38.6 Å². The first kappa shape index (κ1) is 20.3. The van der Waals surface area contributed by atoms with Crippen LogP contribution in [0.15, 0.2) is 35.6 Å². The average molecular weight is 492 g/mol. The minimum Gasteiger partial charge on any atom is -0.598 e. The molecule has 1 N–H and O–H groups in total. The molecule has 0 unspecified atom stereocenters. The monoisotopic (exact) mass is 491 g/mol. The molecule has 0 radical (unpaired) electrons. The average Bonchev–Trinajstić information content (AvgIpc) is 3.38. The van der Waals surface area contributed by atoms with Crippen molar-refractivity contribution in [1.82, 2.24) is 28.9 Å². The third kappa shape index (κ3) is 3.24. The van der Waals surface area contributed by atoms with Gasteiger partial charge in [-0.25, -0.2) is 9.97 Å². The molecule has 3 aromatic rings. The Bertz CT molecular complexity index is 1070. The first-order valence-electron chi connectivity index (χ1n) is 10.2. The molecule has 160 valence electrons. The van der Waals surface area contributed by atoms with Crippen molar-refractivity contribution in [3.05, 3.63) is 41.3 Å². The van der Waals surface area contributed by atoms with Gasteiger partial charge in [0.15, 0.2) is 10.6 Å². The topological polar surface area (TPSA) is 86.3 Å². The summed E-state index contributed by atoms with van der Waals surface area (Å²) in [4.78, 5) is 11.4. The van der Waals surface area contributed by atoms with Crippen molar-refractivity contribution in [2.75, 3.05) is 18.0 Å². The molecule has 2 atom stereocenters. The minimum absolute atomic E-state index is 0.00684. The predicted octanol–water partition coefficient (Wildman–Crippen LogP) is 3.08. The molecule has 2 aliphatic heterocycles. The third-order valence-electron chi connectivity index (χ3n) is 6.36. The van der Waals surface area contributed by atoms with Gasteiger partial charge in [-0.1, -0.05) is 0 Å². The van der Waals surface area contributed by atoms with Gasteiger partial charge in [-0.05, 0) is 55.6 Å². The summed E-state index contributed by atoms with van der Waals surface area (Å²) >= 11 is 2.35. The van der Waals surface area contributed by atoms with Crippen LogP contribution in [-0.4, -0.2) is 46.5 Å². The van der Waals surface area contributed by atoms with E-state index in [2.05, 4.69) is 51.4 Å². The smallest absolute Gasteiger partial charge is 0.181 e. The number of imidazole rings is 1. The van der Waals surface area contributed by atoms with E-state index in [1.54, 1.807) is 0 Å². The number of hydrogen-bond acceptors (Lipinski definition) is 6. The van der Waals surface area contributed by atoms with Crippen molar-refractivity contribution in [2.45, 2.75) is 50.9 Å². The van der Waals surface area contributed by atoms with Crippen LogP contribution in [0.25, 0.3) is 5.52 Å². The highest BCUT2D eigenvalue weighted by Gasteiger charge is 2.51. The zero-order chi connectivity index (χ0) is 21.1. The Labute approximate surface area is 187 Å². The van der Waals surface area contributed by atoms with E-state index in [9.17, 15) is 4.55 Å². The Balaban J connectivity index is 1.40. The second-order valence-electron chi connectivity index (χ2n) is 9.23. The van der Waals surface area contributed by atoms with Gasteiger partial charge >= 0.3 is 0 Å². The number of fused-ring (bicyclic) bond motifs is 2. The number of aromatic nitrogens is 5. The Morgan fingerprint density at radius 3 is 2.73 bits per heavy atom. The second kappa shape index (κ2) is 7.22. The fourth-order valence-electron chi connectivity index (χ4n) is 4.63. The lowest BCUT2D eigenvalue weighted by Gasteiger charge is -2.43. The van der Waals surface area contributed by atoms with Crippen LogP contribution >= 0.6 is 15.9 Å². The van der Waals surface area contributed by atoms with Gasteiger partial charge in [0.2, 0.25) is 0 Å². The molecule has 0 aliphatic carbocycles. The van der Waals surface area contributed by atoms with Gasteiger partial charge in [0.1, 0.15) is 16.3 Å². The van der Waals surface area contributed by atoms with Crippen LogP contribution in [0.2, 0.25) is 0 Å². The summed E-state index contributed by atoms with van der Waals surface area (Å²) in [5.74, 6) is 0.962. The van der Waals surface area contributed by atoms with E-state index in [0.717, 1.165) is 54.2 Å². The largest absolute Gasteiger partial charge is 0.598 e. The molecule has 1 fully saturated rings. The Morgan fingerprint density at radius 2 is 2.00 bits per heavy atom. The van der Waals surface area contributed by atoms with Crippen LogP contribution in [0.3, 0.4) is 0 Å². The summed E-state index contributed by atoms with van der Waals surface area (Å²) in [5.41, 5.74) is 2.15. The molecule has 5 heterocycles. The van der Waals surface area contributed by atoms with Gasteiger partial charge in [-0.2, -0.15) is 5.10 Å². The Hall–Kier alpha value is -1.62. The maximum atomic E-state index is 12.9. The molecule has 0 saturated carbocycles. The molecule has 2 aliphatic rings. The van der Waals surface area contributed by atoms with Gasteiger partial charge in [-0.3, -0.25) is 9.08 Å². The van der Waals surface area contributed by atoms with E-state index in [1.165, 1.54) is 0 Å². The van der Waals surface area contributed by atoms with Crippen LogP contribution in [0, 0.1) is 5.41 Å². The number of anilines is 1. The molecular formula is C20H26BrN7OS. The Morgan fingerprint density at radius 1 is 1.23 bits per heavy atom. The number of nitrogens with zero attached hydrogens (tertiary/aromatic N) is 6. The number of hydrogen-bond donors (Lipinski definition) is 1. The first-order chi connectivity index (χ1) is 14.3. The number of nitrogens with one attached hydrogen (secondary N) is 1. The maximum absolute atomic E-state index is 12.9. The summed E-state index contributed by atoms with van der Waals surface area (Å²) in [7, 11) is 0. The van der Waals surface area contributed by atoms with Gasteiger partial charge in [0, 0.05) is 55.0 Å². The van der Waals surface area contributed by atoms with Crippen LogP contribution in [0.1, 0.15) is 45.3 Å². The molecule has 3 aromatic heterocycles. The van der Waals surface area contributed by atoms with E-state index < -0.39 is 11.4 Å². The van der Waals surface area contributed by atoms with Crippen LogP contribution < -0.4 is 9.62 Å². The predicted molar refractivity (Wildman–Crippen MR) is 121 cm³/mol. The summed E-state index contributed by atoms with van der Waals surface area (Å²) in [5, 5.41) is 4.52. The highest BCUT2D eigenvalue weighted by molar-refractivity contribution is 9.10. The van der Waals surface area contributed by atoms with Crippen molar-refractivity contribution in [3.63, 3.8) is 0 Å². The van der Waals surface area contributed by atoms with Gasteiger partial charge in [0.05, 0.1) is 11.9 Å². The van der Waals surface area contributed by atoms with E-state index in [1.807, 2.05) is 50.0 Å². The van der Waals surface area contributed by atoms with E-state index in [-0.39, 0.29) is 16.2 Å². The molecular weight excluding hydrogens is 466 g/mol. The molecule has 10 heteroatoms. The SMILES string of the molecule is CC(C)(C)[S@@+]([O-])N[C@@H]1c2ccnn2CC12CCN(c1nccn3c(Br)ncc13)CC2. The fraction of sp³-hybridized carbons (Fsp3) is 0.550. The summed E-state index contributed by atoms with van der Waals surface area (Å²) in [6.07, 6.45) is 9.40. The lowest BCUT2D eigenvalue weighted by Crippen LogP contribution is -2.50. The minimum atomic E-state index is -1.14. The lowest BCUT2D eigenvalue weighted by molar-refractivity contribution is 0.160. The molecule has 0 aromatic carbocycles. The lowest BCUT2D eigenvalue weighted by atomic mass is 9.73. The van der Waals surface area contributed by atoms with Crippen LogP contribution in [0.4, 0.5) is 5.82 Å². The highest BCUT2D eigenvalue weighted by atomic mass is 79.9. The standard InChI is InChI=1S/C20H26BrN7OS/c1-19(2,3)30(29)25-16-14-4-7-24-28(14)13-20(16)5-9-26(10-6-20)17-15-12-23-18(21)27(15)11-8-22-17/h4,7-8,11-12,16,25H,5-6,9-10,13H2,1-3H3/t16-,30-/m1/s1. The third-order valence-corrected chi connectivity index (χ3v) is 8.50. The molecule has 30 heavy (non-hydrogen) atoms. The van der Waals surface area contributed by atoms with Crippen molar-refractivity contribution < 1.29 is 4.55 Å².